The molecule has 1 amide bonds. The molecule has 0 bridgehead atoms. The maximum atomic E-state index is 12.0. The lowest BCUT2D eigenvalue weighted by atomic mass is 10.1. The Balaban J connectivity index is 2.46. The highest BCUT2D eigenvalue weighted by atomic mass is 16.5. The number of hydrogen-bond donors (Lipinski definition) is 0. The number of esters is 1. The molecule has 110 valence electrons. The number of amides is 1. The average Bonchev–Trinajstić information content (AvgIpc) is 2.46. The van der Waals surface area contributed by atoms with Gasteiger partial charge in [0.15, 0.2) is 0 Å². The fourth-order valence-corrected chi connectivity index (χ4v) is 1.67. The molecule has 1 aromatic rings. The predicted molar refractivity (Wildman–Crippen MR) is 75.6 cm³/mol. The summed E-state index contributed by atoms with van der Waals surface area (Å²) in [4.78, 5) is 24.5. The monoisotopic (exact) mass is 279 g/mol. The molecule has 0 fully saturated rings. The summed E-state index contributed by atoms with van der Waals surface area (Å²) in [6.45, 7) is 2.91. The second-order valence-corrected chi connectivity index (χ2v) is 4.40. The Labute approximate surface area is 119 Å². The van der Waals surface area contributed by atoms with E-state index in [2.05, 4.69) is 4.74 Å². The lowest BCUT2D eigenvalue weighted by molar-refractivity contribution is -0.141. The number of nitrogens with zero attached hydrogens (tertiary/aromatic N) is 1. The molecule has 0 aliphatic heterocycles. The first-order valence-electron chi connectivity index (χ1n) is 6.59. The Bertz CT molecular complexity index is 442. The number of benzene rings is 1. The molecule has 0 N–H and O–H groups in total. The summed E-state index contributed by atoms with van der Waals surface area (Å²) in [6, 6.07) is 7.44. The van der Waals surface area contributed by atoms with Crippen LogP contribution in [-0.4, -0.2) is 44.1 Å². The number of rotatable bonds is 7. The van der Waals surface area contributed by atoms with Crippen molar-refractivity contribution in [1.82, 2.24) is 4.90 Å². The van der Waals surface area contributed by atoms with E-state index in [9.17, 15) is 9.59 Å². The van der Waals surface area contributed by atoms with Gasteiger partial charge >= 0.3 is 5.97 Å². The highest BCUT2D eigenvalue weighted by Gasteiger charge is 2.11. The van der Waals surface area contributed by atoms with Crippen molar-refractivity contribution in [1.29, 1.82) is 0 Å². The van der Waals surface area contributed by atoms with E-state index in [0.29, 0.717) is 19.6 Å². The fraction of sp³-hybridized carbons (Fsp3) is 0.467. The second kappa shape index (κ2) is 8.19. The van der Waals surface area contributed by atoms with Crippen molar-refractivity contribution >= 4 is 11.9 Å². The van der Waals surface area contributed by atoms with Crippen molar-refractivity contribution in [2.75, 3.05) is 27.3 Å². The zero-order valence-corrected chi connectivity index (χ0v) is 12.2. The van der Waals surface area contributed by atoms with E-state index in [1.54, 1.807) is 7.05 Å². The molecule has 0 aromatic heterocycles. The molecule has 1 rings (SSSR count). The topological polar surface area (TPSA) is 55.8 Å². The standard InChI is InChI=1S/C15H21NO4/c1-4-20-13-7-5-12(6-8-13)11-14(17)16(2)10-9-15(18)19-3/h5-8H,4,9-11H2,1-3H3. The van der Waals surface area contributed by atoms with Crippen molar-refractivity contribution in [3.8, 4) is 5.75 Å². The number of methoxy groups -OCH3 is 1. The van der Waals surface area contributed by atoms with Gasteiger partial charge in [0.25, 0.3) is 0 Å². The van der Waals surface area contributed by atoms with Gasteiger partial charge in [-0.25, -0.2) is 0 Å². The SMILES string of the molecule is CCOc1ccc(CC(=O)N(C)CCC(=O)OC)cc1. The van der Waals surface area contributed by atoms with Gasteiger partial charge in [-0.15, -0.1) is 0 Å². The summed E-state index contributed by atoms with van der Waals surface area (Å²) in [5.41, 5.74) is 0.920. The van der Waals surface area contributed by atoms with E-state index >= 15 is 0 Å². The Kier molecular flexibility index (Phi) is 6.56. The van der Waals surface area contributed by atoms with Crippen molar-refractivity contribution in [2.45, 2.75) is 19.8 Å². The minimum atomic E-state index is -0.314. The van der Waals surface area contributed by atoms with Crippen LogP contribution in [0.2, 0.25) is 0 Å². The van der Waals surface area contributed by atoms with Gasteiger partial charge in [-0.2, -0.15) is 0 Å². The van der Waals surface area contributed by atoms with Crippen molar-refractivity contribution in [3.05, 3.63) is 29.8 Å². The molecule has 1 aromatic carbocycles. The van der Waals surface area contributed by atoms with Crippen LogP contribution < -0.4 is 4.74 Å². The van der Waals surface area contributed by atoms with Crippen molar-refractivity contribution in [2.24, 2.45) is 0 Å². The molecular formula is C15H21NO4. The van der Waals surface area contributed by atoms with E-state index in [1.807, 2.05) is 31.2 Å². The van der Waals surface area contributed by atoms with Crippen LogP contribution in [0.3, 0.4) is 0 Å². The van der Waals surface area contributed by atoms with Gasteiger partial charge < -0.3 is 14.4 Å². The molecule has 0 saturated carbocycles. The fourth-order valence-electron chi connectivity index (χ4n) is 1.67. The summed E-state index contributed by atoms with van der Waals surface area (Å²) in [5.74, 6) is 0.450. The molecular weight excluding hydrogens is 258 g/mol. The third-order valence-electron chi connectivity index (χ3n) is 2.89. The van der Waals surface area contributed by atoms with Crippen LogP contribution in [0.4, 0.5) is 0 Å². The Morgan fingerprint density at radius 2 is 1.85 bits per heavy atom. The van der Waals surface area contributed by atoms with Crippen LogP contribution in [0.5, 0.6) is 5.75 Å². The third-order valence-corrected chi connectivity index (χ3v) is 2.89. The van der Waals surface area contributed by atoms with Gasteiger partial charge in [0.2, 0.25) is 5.91 Å². The van der Waals surface area contributed by atoms with E-state index in [1.165, 1.54) is 12.0 Å². The predicted octanol–water partition coefficient (Wildman–Crippen LogP) is 1.65. The first kappa shape index (κ1) is 16.0. The second-order valence-electron chi connectivity index (χ2n) is 4.40. The first-order valence-corrected chi connectivity index (χ1v) is 6.59. The van der Waals surface area contributed by atoms with Gasteiger partial charge in [0.1, 0.15) is 5.75 Å². The molecule has 0 saturated heterocycles. The zero-order valence-electron chi connectivity index (χ0n) is 12.2. The minimum Gasteiger partial charge on any atom is -0.494 e. The van der Waals surface area contributed by atoms with Gasteiger partial charge in [0.05, 0.1) is 26.6 Å². The smallest absolute Gasteiger partial charge is 0.307 e. The zero-order chi connectivity index (χ0) is 15.0. The quantitative estimate of drug-likeness (QED) is 0.712. The van der Waals surface area contributed by atoms with Crippen LogP contribution in [0.15, 0.2) is 24.3 Å². The molecule has 0 heterocycles. The Hall–Kier alpha value is -2.04. The van der Waals surface area contributed by atoms with Crippen molar-refractivity contribution in [3.63, 3.8) is 0 Å². The number of likely N-dealkylation sites (N-methyl/N-ethyl adjacent to an activating group) is 1. The highest BCUT2D eigenvalue weighted by Crippen LogP contribution is 2.13. The highest BCUT2D eigenvalue weighted by molar-refractivity contribution is 5.79. The molecule has 0 unspecified atom stereocenters. The average molecular weight is 279 g/mol. The molecule has 5 nitrogen and oxygen atoms in total. The molecule has 0 spiro atoms. The van der Waals surface area contributed by atoms with Gasteiger partial charge in [-0.05, 0) is 24.6 Å². The largest absolute Gasteiger partial charge is 0.494 e. The summed E-state index contributed by atoms with van der Waals surface area (Å²) < 4.78 is 9.89. The molecule has 0 radical (unpaired) electrons. The summed E-state index contributed by atoms with van der Waals surface area (Å²) >= 11 is 0. The number of carbonyl (C=O) groups excluding carboxylic acids is 2. The Morgan fingerprint density at radius 1 is 1.20 bits per heavy atom. The van der Waals surface area contributed by atoms with Crippen LogP contribution in [-0.2, 0) is 20.7 Å². The summed E-state index contributed by atoms with van der Waals surface area (Å²) in [5, 5.41) is 0. The van der Waals surface area contributed by atoms with E-state index in [4.69, 9.17) is 4.74 Å². The molecule has 20 heavy (non-hydrogen) atoms. The lowest BCUT2D eigenvalue weighted by Crippen LogP contribution is -2.30. The molecule has 0 aliphatic rings. The molecule has 5 heteroatoms. The van der Waals surface area contributed by atoms with Gasteiger partial charge in [-0.1, -0.05) is 12.1 Å². The van der Waals surface area contributed by atoms with Crippen LogP contribution in [0.25, 0.3) is 0 Å². The first-order chi connectivity index (χ1) is 9.56. The van der Waals surface area contributed by atoms with Gasteiger partial charge in [-0.3, -0.25) is 9.59 Å². The maximum absolute atomic E-state index is 12.0. The van der Waals surface area contributed by atoms with E-state index in [-0.39, 0.29) is 18.3 Å². The lowest BCUT2D eigenvalue weighted by Gasteiger charge is -2.16. The number of hydrogen-bond acceptors (Lipinski definition) is 4. The third kappa shape index (κ3) is 5.30. The summed E-state index contributed by atoms with van der Waals surface area (Å²) in [6.07, 6.45) is 0.520. The van der Waals surface area contributed by atoms with Crippen LogP contribution in [0.1, 0.15) is 18.9 Å². The molecule has 0 aliphatic carbocycles. The van der Waals surface area contributed by atoms with Crippen LogP contribution in [0, 0.1) is 0 Å². The van der Waals surface area contributed by atoms with E-state index in [0.717, 1.165) is 11.3 Å². The minimum absolute atomic E-state index is 0.0296. The number of carbonyl (C=O) groups is 2. The van der Waals surface area contributed by atoms with Gasteiger partial charge in [0, 0.05) is 13.6 Å². The normalized spacial score (nSPS) is 9.95. The number of ether oxygens (including phenoxy) is 2. The Morgan fingerprint density at radius 3 is 2.40 bits per heavy atom. The summed E-state index contributed by atoms with van der Waals surface area (Å²) in [7, 11) is 3.02. The van der Waals surface area contributed by atoms with Crippen molar-refractivity contribution < 1.29 is 19.1 Å². The molecule has 0 atom stereocenters. The maximum Gasteiger partial charge on any atom is 0.307 e. The van der Waals surface area contributed by atoms with E-state index < -0.39 is 0 Å². The van der Waals surface area contributed by atoms with Crippen LogP contribution >= 0.6 is 0 Å².